The molecule has 1 aliphatic rings. The molecular formula is C13H17NO3. The van der Waals surface area contributed by atoms with E-state index in [1.165, 1.54) is 0 Å². The van der Waals surface area contributed by atoms with Crippen molar-refractivity contribution in [1.82, 2.24) is 4.90 Å². The lowest BCUT2D eigenvalue weighted by molar-refractivity contribution is -0.197. The van der Waals surface area contributed by atoms with Gasteiger partial charge >= 0.3 is 0 Å². The minimum Gasteiger partial charge on any atom is -0.366 e. The average molecular weight is 235 g/mol. The van der Waals surface area contributed by atoms with Crippen LogP contribution < -0.4 is 0 Å². The molecule has 4 nitrogen and oxygen atoms in total. The zero-order chi connectivity index (χ0) is 12.4. The maximum atomic E-state index is 12.0. The highest BCUT2D eigenvalue weighted by atomic mass is 16.6. The Morgan fingerprint density at radius 1 is 1.41 bits per heavy atom. The van der Waals surface area contributed by atoms with Gasteiger partial charge < -0.3 is 14.7 Å². The molecule has 1 heterocycles. The van der Waals surface area contributed by atoms with Crippen LogP contribution in [0.5, 0.6) is 0 Å². The van der Waals surface area contributed by atoms with E-state index in [-0.39, 0.29) is 18.5 Å². The van der Waals surface area contributed by atoms with Crippen LogP contribution in [-0.2, 0) is 9.53 Å². The number of amides is 1. The third kappa shape index (κ3) is 2.48. The number of β-amino-alcohol motifs (C(OH)–C–C–N with tert-alkyl or cyclic N) is 1. The second-order valence-electron chi connectivity index (χ2n) is 4.31. The van der Waals surface area contributed by atoms with Crippen molar-refractivity contribution in [3.8, 4) is 0 Å². The van der Waals surface area contributed by atoms with Gasteiger partial charge in [-0.05, 0) is 19.4 Å². The van der Waals surface area contributed by atoms with Crippen molar-refractivity contribution in [2.75, 3.05) is 6.54 Å². The third-order valence-electron chi connectivity index (χ3n) is 3.09. The van der Waals surface area contributed by atoms with Crippen LogP contribution in [0.4, 0.5) is 0 Å². The molecule has 0 radical (unpaired) electrons. The number of nitrogens with zero attached hydrogens (tertiary/aromatic N) is 1. The summed E-state index contributed by atoms with van der Waals surface area (Å²) in [7, 11) is 0. The number of benzene rings is 1. The summed E-state index contributed by atoms with van der Waals surface area (Å²) in [4.78, 5) is 13.6. The first-order valence-corrected chi connectivity index (χ1v) is 5.78. The molecule has 0 spiro atoms. The fourth-order valence-corrected chi connectivity index (χ4v) is 2.09. The van der Waals surface area contributed by atoms with Crippen LogP contribution >= 0.6 is 0 Å². The van der Waals surface area contributed by atoms with Gasteiger partial charge in [-0.2, -0.15) is 0 Å². The van der Waals surface area contributed by atoms with Crippen molar-refractivity contribution in [2.45, 2.75) is 32.3 Å². The lowest BCUT2D eigenvalue weighted by atomic mass is 10.1. The second-order valence-corrected chi connectivity index (χ2v) is 4.31. The molecule has 0 saturated carbocycles. The number of hydrogen-bond donors (Lipinski definition) is 1. The van der Waals surface area contributed by atoms with Gasteiger partial charge in [0, 0.05) is 0 Å². The monoisotopic (exact) mass is 235 g/mol. The van der Waals surface area contributed by atoms with Gasteiger partial charge in [0.05, 0.1) is 12.6 Å². The molecule has 92 valence electrons. The molecule has 1 fully saturated rings. The van der Waals surface area contributed by atoms with E-state index < -0.39 is 12.4 Å². The molecule has 2 rings (SSSR count). The van der Waals surface area contributed by atoms with Crippen LogP contribution in [-0.4, -0.2) is 34.9 Å². The average Bonchev–Trinajstić information content (AvgIpc) is 2.34. The molecule has 0 aliphatic carbocycles. The van der Waals surface area contributed by atoms with Gasteiger partial charge in [0.25, 0.3) is 5.91 Å². The Morgan fingerprint density at radius 3 is 2.71 bits per heavy atom. The van der Waals surface area contributed by atoms with E-state index >= 15 is 0 Å². The lowest BCUT2D eigenvalue weighted by Gasteiger charge is -2.37. The van der Waals surface area contributed by atoms with E-state index in [1.54, 1.807) is 11.8 Å². The van der Waals surface area contributed by atoms with Crippen LogP contribution in [0.25, 0.3) is 0 Å². The van der Waals surface area contributed by atoms with Gasteiger partial charge in [-0.15, -0.1) is 0 Å². The van der Waals surface area contributed by atoms with Crippen LogP contribution in [0.15, 0.2) is 30.3 Å². The molecule has 17 heavy (non-hydrogen) atoms. The lowest BCUT2D eigenvalue weighted by Crippen LogP contribution is -2.51. The van der Waals surface area contributed by atoms with E-state index in [2.05, 4.69) is 0 Å². The summed E-state index contributed by atoms with van der Waals surface area (Å²) in [6.45, 7) is 3.84. The van der Waals surface area contributed by atoms with Gasteiger partial charge in [0.1, 0.15) is 6.10 Å². The Kier molecular flexibility index (Phi) is 3.45. The molecular weight excluding hydrogens is 218 g/mol. The molecule has 1 aromatic rings. The predicted molar refractivity (Wildman–Crippen MR) is 63.1 cm³/mol. The number of rotatable bonds is 2. The summed E-state index contributed by atoms with van der Waals surface area (Å²) in [5.74, 6) is -0.0772. The van der Waals surface area contributed by atoms with Crippen LogP contribution in [0.1, 0.15) is 25.5 Å². The van der Waals surface area contributed by atoms with E-state index in [1.807, 2.05) is 37.3 Å². The summed E-state index contributed by atoms with van der Waals surface area (Å²) >= 11 is 0. The zero-order valence-electron chi connectivity index (χ0n) is 10.0. The molecule has 1 saturated heterocycles. The summed E-state index contributed by atoms with van der Waals surface area (Å²) in [5.41, 5.74) is 1.06. The maximum absolute atomic E-state index is 12.0. The van der Waals surface area contributed by atoms with Gasteiger partial charge in [-0.25, -0.2) is 0 Å². The number of carbonyl (C=O) groups excluding carboxylic acids is 1. The first-order valence-electron chi connectivity index (χ1n) is 5.78. The zero-order valence-corrected chi connectivity index (χ0v) is 10.0. The summed E-state index contributed by atoms with van der Waals surface area (Å²) in [5, 5.41) is 9.55. The topological polar surface area (TPSA) is 49.8 Å². The van der Waals surface area contributed by atoms with Crippen LogP contribution in [0.2, 0.25) is 0 Å². The van der Waals surface area contributed by atoms with Crippen LogP contribution in [0, 0.1) is 0 Å². The van der Waals surface area contributed by atoms with Gasteiger partial charge in [0.15, 0.2) is 6.29 Å². The van der Waals surface area contributed by atoms with Gasteiger partial charge in [-0.1, -0.05) is 30.3 Å². The Hall–Kier alpha value is -1.39. The predicted octanol–water partition coefficient (Wildman–Crippen LogP) is 1.31. The second kappa shape index (κ2) is 4.85. The number of ether oxygens (including phenoxy) is 1. The largest absolute Gasteiger partial charge is 0.366 e. The molecule has 0 bridgehead atoms. The summed E-state index contributed by atoms with van der Waals surface area (Å²) in [6.07, 6.45) is -1.47. The van der Waals surface area contributed by atoms with Crippen molar-refractivity contribution in [1.29, 1.82) is 0 Å². The number of aliphatic hydroxyl groups excluding tert-OH is 1. The summed E-state index contributed by atoms with van der Waals surface area (Å²) in [6, 6.07) is 9.72. The Balaban J connectivity index is 2.18. The molecule has 1 N–H and O–H groups in total. The minimum absolute atomic E-state index is 0.0512. The summed E-state index contributed by atoms with van der Waals surface area (Å²) < 4.78 is 5.08. The fourth-order valence-electron chi connectivity index (χ4n) is 2.09. The van der Waals surface area contributed by atoms with Crippen molar-refractivity contribution in [3.05, 3.63) is 35.9 Å². The first-order chi connectivity index (χ1) is 8.09. The van der Waals surface area contributed by atoms with E-state index in [0.29, 0.717) is 0 Å². The first kappa shape index (κ1) is 12.1. The molecule has 1 aliphatic heterocycles. The van der Waals surface area contributed by atoms with Crippen molar-refractivity contribution < 1.29 is 14.6 Å². The van der Waals surface area contributed by atoms with E-state index in [9.17, 15) is 9.90 Å². The molecule has 1 amide bonds. The van der Waals surface area contributed by atoms with Crippen molar-refractivity contribution in [2.24, 2.45) is 0 Å². The molecule has 4 heteroatoms. The number of aliphatic hydroxyl groups is 1. The Morgan fingerprint density at radius 2 is 2.06 bits per heavy atom. The molecule has 1 unspecified atom stereocenters. The van der Waals surface area contributed by atoms with Crippen molar-refractivity contribution >= 4 is 5.91 Å². The molecule has 0 aromatic heterocycles. The number of morpholine rings is 1. The maximum Gasteiger partial charge on any atom is 0.252 e. The number of hydrogen-bond acceptors (Lipinski definition) is 3. The SMILES string of the molecule is C[C@@H]1OC(O)CN([C@@H](C)c2ccccc2)C1=O. The minimum atomic E-state index is -0.895. The van der Waals surface area contributed by atoms with E-state index in [0.717, 1.165) is 5.56 Å². The highest BCUT2D eigenvalue weighted by molar-refractivity contribution is 5.81. The third-order valence-corrected chi connectivity index (χ3v) is 3.09. The normalized spacial score (nSPS) is 27.0. The standard InChI is InChI=1S/C13H17NO3/c1-9(11-6-4-3-5-7-11)14-8-12(15)17-10(2)13(14)16/h3-7,9-10,12,15H,8H2,1-2H3/t9-,10-,12?/m0/s1. The fraction of sp³-hybridized carbons (Fsp3) is 0.462. The van der Waals surface area contributed by atoms with Gasteiger partial charge in [-0.3, -0.25) is 4.79 Å². The van der Waals surface area contributed by atoms with Gasteiger partial charge in [0.2, 0.25) is 0 Å². The number of carbonyl (C=O) groups is 1. The Bertz CT molecular complexity index is 393. The highest BCUT2D eigenvalue weighted by Gasteiger charge is 2.34. The quantitative estimate of drug-likeness (QED) is 0.841. The Labute approximate surface area is 101 Å². The molecule has 1 aromatic carbocycles. The highest BCUT2D eigenvalue weighted by Crippen LogP contribution is 2.24. The van der Waals surface area contributed by atoms with Crippen LogP contribution in [0.3, 0.4) is 0 Å². The smallest absolute Gasteiger partial charge is 0.252 e. The van der Waals surface area contributed by atoms with Crippen molar-refractivity contribution in [3.63, 3.8) is 0 Å². The molecule has 3 atom stereocenters. The van der Waals surface area contributed by atoms with E-state index in [4.69, 9.17) is 4.74 Å².